The molecule has 4 amide bonds. The zero-order valence-electron chi connectivity index (χ0n) is 21.2. The summed E-state index contributed by atoms with van der Waals surface area (Å²) in [6.45, 7) is 0.533. The molecule has 0 radical (unpaired) electrons. The molecule has 1 saturated heterocycles. The van der Waals surface area contributed by atoms with Crippen LogP contribution in [-0.2, 0) is 20.8 Å². The third-order valence-corrected chi connectivity index (χ3v) is 6.83. The first-order chi connectivity index (χ1) is 18.8. The maximum atomic E-state index is 13.4. The molecule has 2 fully saturated rings. The lowest BCUT2D eigenvalue weighted by Crippen LogP contribution is -2.55. The lowest BCUT2D eigenvalue weighted by atomic mass is 9.98. The lowest BCUT2D eigenvalue weighted by Gasteiger charge is -2.24. The number of hydrogen-bond acceptors (Lipinski definition) is 7. The number of nitrogens with one attached hydrogen (secondary N) is 4. The Balaban J connectivity index is 1.46. The van der Waals surface area contributed by atoms with Crippen molar-refractivity contribution in [2.45, 2.75) is 56.7 Å². The highest BCUT2D eigenvalue weighted by Crippen LogP contribution is 2.33. The normalized spacial score (nSPS) is 18.7. The molecule has 11 nitrogen and oxygen atoms in total. The predicted molar refractivity (Wildman–Crippen MR) is 136 cm³/mol. The Morgan fingerprint density at radius 2 is 1.77 bits per heavy atom. The Kier molecular flexibility index (Phi) is 9.14. The number of halogens is 1. The average Bonchev–Trinajstić information content (AvgIpc) is 3.67. The first-order valence-electron chi connectivity index (χ1n) is 12.9. The van der Waals surface area contributed by atoms with Gasteiger partial charge in [-0.25, -0.2) is 9.37 Å². The highest BCUT2D eigenvalue weighted by Gasteiger charge is 2.34. The Bertz CT molecular complexity index is 1230. The number of hydrogen-bond donors (Lipinski definition) is 4. The van der Waals surface area contributed by atoms with Gasteiger partial charge in [-0.15, -0.1) is 0 Å². The van der Waals surface area contributed by atoms with Gasteiger partial charge in [0.15, 0.2) is 0 Å². The van der Waals surface area contributed by atoms with Crippen molar-refractivity contribution in [3.63, 3.8) is 0 Å². The van der Waals surface area contributed by atoms with Gasteiger partial charge < -0.3 is 21.3 Å². The van der Waals surface area contributed by atoms with Crippen LogP contribution in [0.3, 0.4) is 0 Å². The van der Waals surface area contributed by atoms with Crippen molar-refractivity contribution < 1.29 is 23.6 Å². The second kappa shape index (κ2) is 12.9. The van der Waals surface area contributed by atoms with Gasteiger partial charge in [-0.2, -0.15) is 5.26 Å². The van der Waals surface area contributed by atoms with Crippen molar-refractivity contribution in [2.24, 2.45) is 11.8 Å². The van der Waals surface area contributed by atoms with Crippen molar-refractivity contribution in [3.05, 3.63) is 59.9 Å². The number of benzene rings is 1. The molecule has 4 N–H and O–H groups in total. The van der Waals surface area contributed by atoms with Crippen LogP contribution in [0.4, 0.5) is 4.39 Å². The summed E-state index contributed by atoms with van der Waals surface area (Å²) < 4.78 is 13.4. The van der Waals surface area contributed by atoms with Crippen LogP contribution in [-0.4, -0.2) is 58.3 Å². The molecule has 0 bridgehead atoms. The second-order valence-electron chi connectivity index (χ2n) is 9.89. The number of carbonyl (C=O) groups is 4. The van der Waals surface area contributed by atoms with Gasteiger partial charge in [-0.3, -0.25) is 24.2 Å². The molecule has 4 atom stereocenters. The van der Waals surface area contributed by atoms with Crippen LogP contribution in [0.2, 0.25) is 0 Å². The highest BCUT2D eigenvalue weighted by atomic mass is 19.1. The maximum absolute atomic E-state index is 13.4. The Hall–Kier alpha value is -4.40. The molecule has 1 aliphatic carbocycles. The van der Waals surface area contributed by atoms with Gasteiger partial charge in [-0.05, 0) is 42.9 Å². The number of rotatable bonds is 12. The van der Waals surface area contributed by atoms with E-state index < -0.39 is 41.7 Å². The van der Waals surface area contributed by atoms with E-state index in [4.69, 9.17) is 0 Å². The number of carbonyl (C=O) groups excluding carboxylic acids is 4. The molecule has 1 saturated carbocycles. The van der Waals surface area contributed by atoms with E-state index in [0.29, 0.717) is 24.9 Å². The molecular weight excluding hydrogens is 505 g/mol. The van der Waals surface area contributed by atoms with E-state index in [1.54, 1.807) is 0 Å². The summed E-state index contributed by atoms with van der Waals surface area (Å²) in [6.07, 6.45) is 7.05. The van der Waals surface area contributed by atoms with Gasteiger partial charge in [0.25, 0.3) is 5.91 Å². The van der Waals surface area contributed by atoms with Crippen LogP contribution in [0.5, 0.6) is 0 Å². The van der Waals surface area contributed by atoms with Crippen LogP contribution >= 0.6 is 0 Å². The summed E-state index contributed by atoms with van der Waals surface area (Å²) >= 11 is 0. The molecule has 4 rings (SSSR count). The van der Waals surface area contributed by atoms with Crippen LogP contribution in [0.1, 0.15) is 48.2 Å². The fourth-order valence-corrected chi connectivity index (χ4v) is 4.48. The molecule has 12 heteroatoms. The number of amides is 4. The van der Waals surface area contributed by atoms with E-state index >= 15 is 0 Å². The molecule has 1 aliphatic heterocycles. The zero-order chi connectivity index (χ0) is 27.8. The summed E-state index contributed by atoms with van der Waals surface area (Å²) in [4.78, 5) is 59.2. The minimum Gasteiger partial charge on any atom is -0.356 e. The predicted octanol–water partition coefficient (Wildman–Crippen LogP) is 0.776. The molecule has 1 aromatic heterocycles. The first kappa shape index (κ1) is 27.6. The molecule has 0 spiro atoms. The van der Waals surface area contributed by atoms with Gasteiger partial charge >= 0.3 is 0 Å². The van der Waals surface area contributed by atoms with Gasteiger partial charge in [0.2, 0.25) is 17.7 Å². The van der Waals surface area contributed by atoms with E-state index in [9.17, 15) is 28.8 Å². The molecule has 39 heavy (non-hydrogen) atoms. The van der Waals surface area contributed by atoms with E-state index in [1.807, 2.05) is 6.07 Å². The number of nitrogens with zero attached hydrogens (tertiary/aromatic N) is 3. The Morgan fingerprint density at radius 3 is 2.38 bits per heavy atom. The first-order valence-corrected chi connectivity index (χ1v) is 12.9. The summed E-state index contributed by atoms with van der Waals surface area (Å²) in [5.41, 5.74) is 0.605. The van der Waals surface area contributed by atoms with Crippen molar-refractivity contribution in [1.29, 1.82) is 5.26 Å². The van der Waals surface area contributed by atoms with E-state index in [0.717, 1.165) is 12.8 Å². The monoisotopic (exact) mass is 535 g/mol. The minimum absolute atomic E-state index is 0.00879. The molecule has 4 unspecified atom stereocenters. The maximum Gasteiger partial charge on any atom is 0.272 e. The largest absolute Gasteiger partial charge is 0.356 e. The standard InChI is InChI=1S/C27H30FN7O4/c28-19-5-3-17(4-6-19)12-22(35-27(39)23-15-30-9-10-31-23)26(38)34-21(11-16-1-2-16)25(37)33-20(14-29)13-18-7-8-32-24(18)36/h3-6,9-10,15-16,18,20-22H,1-2,7-8,11-13H2,(H,32,36)(H,33,37)(H,34,38)(H,35,39). The van der Waals surface area contributed by atoms with E-state index in [2.05, 4.69) is 31.2 Å². The second-order valence-corrected chi connectivity index (χ2v) is 9.89. The summed E-state index contributed by atoms with van der Waals surface area (Å²) in [5.74, 6) is -2.45. The average molecular weight is 536 g/mol. The summed E-state index contributed by atoms with van der Waals surface area (Å²) in [6, 6.07) is 4.63. The Labute approximate surface area is 225 Å². The molecule has 1 aromatic carbocycles. The molecule has 204 valence electrons. The van der Waals surface area contributed by atoms with Gasteiger partial charge in [0, 0.05) is 31.3 Å². The third-order valence-electron chi connectivity index (χ3n) is 6.83. The van der Waals surface area contributed by atoms with Gasteiger partial charge in [-0.1, -0.05) is 25.0 Å². The van der Waals surface area contributed by atoms with Crippen LogP contribution < -0.4 is 21.3 Å². The topological polar surface area (TPSA) is 166 Å². The third kappa shape index (κ3) is 8.04. The molecular formula is C27H30FN7O4. The Morgan fingerprint density at radius 1 is 1.03 bits per heavy atom. The van der Waals surface area contributed by atoms with Crippen molar-refractivity contribution >= 4 is 23.6 Å². The lowest BCUT2D eigenvalue weighted by molar-refractivity contribution is -0.130. The van der Waals surface area contributed by atoms with Crippen molar-refractivity contribution in [2.75, 3.05) is 6.54 Å². The summed E-state index contributed by atoms with van der Waals surface area (Å²) in [7, 11) is 0. The molecule has 2 heterocycles. The van der Waals surface area contributed by atoms with Crippen molar-refractivity contribution in [3.8, 4) is 6.07 Å². The van der Waals surface area contributed by atoms with Crippen molar-refractivity contribution in [1.82, 2.24) is 31.2 Å². The number of nitriles is 1. The SMILES string of the molecule is N#CC(CC1CCNC1=O)NC(=O)C(CC1CC1)NC(=O)C(Cc1ccc(F)cc1)NC(=O)c1cnccn1. The minimum atomic E-state index is -1.10. The van der Waals surface area contributed by atoms with E-state index in [-0.39, 0.29) is 36.3 Å². The van der Waals surface area contributed by atoms with Crippen LogP contribution in [0.15, 0.2) is 42.9 Å². The quantitative estimate of drug-likeness (QED) is 0.312. The van der Waals surface area contributed by atoms with Crippen LogP contribution in [0, 0.1) is 29.0 Å². The zero-order valence-corrected chi connectivity index (χ0v) is 21.2. The van der Waals surface area contributed by atoms with E-state index in [1.165, 1.54) is 42.9 Å². The molecule has 2 aliphatic rings. The fourth-order valence-electron chi connectivity index (χ4n) is 4.48. The van der Waals surface area contributed by atoms with Gasteiger partial charge in [0.1, 0.15) is 29.6 Å². The van der Waals surface area contributed by atoms with Gasteiger partial charge in [0.05, 0.1) is 12.3 Å². The fraction of sp³-hybridized carbons (Fsp3) is 0.444. The number of aromatic nitrogens is 2. The van der Waals surface area contributed by atoms with Crippen LogP contribution in [0.25, 0.3) is 0 Å². The highest BCUT2D eigenvalue weighted by molar-refractivity contribution is 5.97. The molecule has 2 aromatic rings. The summed E-state index contributed by atoms with van der Waals surface area (Å²) in [5, 5.41) is 20.4. The smallest absolute Gasteiger partial charge is 0.272 e.